The normalized spacial score (nSPS) is 18.3. The molecule has 2 heteroatoms. The van der Waals surface area contributed by atoms with Gasteiger partial charge in [0.05, 0.1) is 7.11 Å². The van der Waals surface area contributed by atoms with Gasteiger partial charge >= 0.3 is 0 Å². The molecule has 0 spiro atoms. The largest absolute Gasteiger partial charge is 0.496 e. The molecule has 1 saturated carbocycles. The van der Waals surface area contributed by atoms with Crippen LogP contribution in [0.4, 0.5) is 0 Å². The van der Waals surface area contributed by atoms with E-state index in [1.54, 1.807) is 7.11 Å². The molecule has 0 unspecified atom stereocenters. The SMILES string of the molecule is COc1c(C)ccc(C2(N)CCCC2)c1C(C)C. The molecule has 2 rings (SSSR count). The number of aryl methyl sites for hydroxylation is 1. The van der Waals surface area contributed by atoms with Crippen molar-refractivity contribution in [3.63, 3.8) is 0 Å². The number of ether oxygens (including phenoxy) is 1. The zero-order chi connectivity index (χ0) is 13.3. The van der Waals surface area contributed by atoms with Crippen molar-refractivity contribution in [3.05, 3.63) is 28.8 Å². The van der Waals surface area contributed by atoms with Crippen LogP contribution >= 0.6 is 0 Å². The first kappa shape index (κ1) is 13.4. The summed E-state index contributed by atoms with van der Waals surface area (Å²) in [5.41, 5.74) is 10.3. The lowest BCUT2D eigenvalue weighted by Crippen LogP contribution is -2.34. The summed E-state index contributed by atoms with van der Waals surface area (Å²) >= 11 is 0. The molecule has 0 radical (unpaired) electrons. The Hall–Kier alpha value is -1.02. The molecule has 2 nitrogen and oxygen atoms in total. The smallest absolute Gasteiger partial charge is 0.125 e. The molecule has 1 aromatic rings. The van der Waals surface area contributed by atoms with Gasteiger partial charge in [0.1, 0.15) is 5.75 Å². The van der Waals surface area contributed by atoms with Gasteiger partial charge in [-0.1, -0.05) is 38.8 Å². The third kappa shape index (κ3) is 2.14. The molecule has 1 fully saturated rings. The third-order valence-electron chi connectivity index (χ3n) is 4.21. The van der Waals surface area contributed by atoms with Crippen LogP contribution in [0.25, 0.3) is 0 Å². The summed E-state index contributed by atoms with van der Waals surface area (Å²) in [6.07, 6.45) is 4.67. The van der Waals surface area contributed by atoms with Crippen LogP contribution in [0.15, 0.2) is 12.1 Å². The highest BCUT2D eigenvalue weighted by molar-refractivity contribution is 5.50. The van der Waals surface area contributed by atoms with E-state index in [9.17, 15) is 0 Å². The maximum Gasteiger partial charge on any atom is 0.125 e. The van der Waals surface area contributed by atoms with E-state index in [4.69, 9.17) is 10.5 Å². The maximum atomic E-state index is 6.64. The molecular weight excluding hydrogens is 222 g/mol. The van der Waals surface area contributed by atoms with Gasteiger partial charge in [-0.25, -0.2) is 0 Å². The summed E-state index contributed by atoms with van der Waals surface area (Å²) in [6.45, 7) is 6.55. The van der Waals surface area contributed by atoms with Crippen molar-refractivity contribution in [2.75, 3.05) is 7.11 Å². The van der Waals surface area contributed by atoms with Crippen LogP contribution in [0.2, 0.25) is 0 Å². The summed E-state index contributed by atoms with van der Waals surface area (Å²) < 4.78 is 5.63. The zero-order valence-electron chi connectivity index (χ0n) is 12.0. The molecule has 1 aromatic carbocycles. The van der Waals surface area contributed by atoms with E-state index in [1.165, 1.54) is 29.5 Å². The fourth-order valence-corrected chi connectivity index (χ4v) is 3.26. The Morgan fingerprint density at radius 1 is 1.22 bits per heavy atom. The maximum absolute atomic E-state index is 6.64. The van der Waals surface area contributed by atoms with Gasteiger partial charge in [0, 0.05) is 11.1 Å². The number of benzene rings is 1. The fourth-order valence-electron chi connectivity index (χ4n) is 3.26. The van der Waals surface area contributed by atoms with Crippen molar-refractivity contribution in [2.24, 2.45) is 5.73 Å². The van der Waals surface area contributed by atoms with Crippen molar-refractivity contribution in [1.29, 1.82) is 0 Å². The van der Waals surface area contributed by atoms with Gasteiger partial charge in [-0.15, -0.1) is 0 Å². The molecule has 0 heterocycles. The Kier molecular flexibility index (Phi) is 3.67. The van der Waals surface area contributed by atoms with Gasteiger partial charge in [0.15, 0.2) is 0 Å². The summed E-state index contributed by atoms with van der Waals surface area (Å²) in [5.74, 6) is 1.47. The quantitative estimate of drug-likeness (QED) is 0.880. The lowest BCUT2D eigenvalue weighted by atomic mass is 9.81. The third-order valence-corrected chi connectivity index (χ3v) is 4.21. The van der Waals surface area contributed by atoms with Crippen LogP contribution in [-0.4, -0.2) is 7.11 Å². The highest BCUT2D eigenvalue weighted by Crippen LogP contribution is 2.43. The average Bonchev–Trinajstić information content (AvgIpc) is 2.76. The molecule has 0 aliphatic heterocycles. The zero-order valence-corrected chi connectivity index (χ0v) is 12.0. The van der Waals surface area contributed by atoms with Gasteiger partial charge < -0.3 is 10.5 Å². The van der Waals surface area contributed by atoms with Crippen molar-refractivity contribution in [2.45, 2.75) is 57.9 Å². The van der Waals surface area contributed by atoms with Crippen molar-refractivity contribution < 1.29 is 4.74 Å². The second-order valence-corrected chi connectivity index (χ2v) is 5.89. The molecule has 0 bridgehead atoms. The number of hydrogen-bond acceptors (Lipinski definition) is 2. The lowest BCUT2D eigenvalue weighted by molar-refractivity contribution is 0.395. The van der Waals surface area contributed by atoms with E-state index in [1.807, 2.05) is 0 Å². The second-order valence-electron chi connectivity index (χ2n) is 5.89. The molecule has 0 saturated heterocycles. The Morgan fingerprint density at radius 2 is 1.83 bits per heavy atom. The van der Waals surface area contributed by atoms with E-state index in [0.717, 1.165) is 18.6 Å². The molecule has 2 N–H and O–H groups in total. The molecule has 100 valence electrons. The van der Waals surface area contributed by atoms with Gasteiger partial charge in [0.2, 0.25) is 0 Å². The topological polar surface area (TPSA) is 35.2 Å². The monoisotopic (exact) mass is 247 g/mol. The molecule has 0 aromatic heterocycles. The van der Waals surface area contributed by atoms with Crippen LogP contribution in [0.3, 0.4) is 0 Å². The van der Waals surface area contributed by atoms with Crippen LogP contribution < -0.4 is 10.5 Å². The molecule has 1 aliphatic rings. The van der Waals surface area contributed by atoms with Crippen LogP contribution in [0.1, 0.15) is 62.1 Å². The van der Waals surface area contributed by atoms with E-state index in [2.05, 4.69) is 32.9 Å². The Balaban J connectivity index is 2.60. The predicted molar refractivity (Wildman–Crippen MR) is 76.2 cm³/mol. The second kappa shape index (κ2) is 4.93. The van der Waals surface area contributed by atoms with E-state index in [-0.39, 0.29) is 5.54 Å². The number of nitrogens with two attached hydrogens (primary N) is 1. The molecule has 18 heavy (non-hydrogen) atoms. The van der Waals surface area contributed by atoms with E-state index >= 15 is 0 Å². The van der Waals surface area contributed by atoms with Crippen LogP contribution in [0.5, 0.6) is 5.75 Å². The van der Waals surface area contributed by atoms with E-state index < -0.39 is 0 Å². The van der Waals surface area contributed by atoms with Crippen molar-refractivity contribution in [3.8, 4) is 5.75 Å². The van der Waals surface area contributed by atoms with Gasteiger partial charge in [0.25, 0.3) is 0 Å². The molecule has 1 aliphatic carbocycles. The molecule has 0 amide bonds. The number of rotatable bonds is 3. The lowest BCUT2D eigenvalue weighted by Gasteiger charge is -2.30. The van der Waals surface area contributed by atoms with Crippen LogP contribution in [-0.2, 0) is 5.54 Å². The van der Waals surface area contributed by atoms with E-state index in [0.29, 0.717) is 5.92 Å². The van der Waals surface area contributed by atoms with Crippen molar-refractivity contribution in [1.82, 2.24) is 0 Å². The minimum atomic E-state index is -0.138. The first-order chi connectivity index (χ1) is 8.49. The molecule has 0 atom stereocenters. The van der Waals surface area contributed by atoms with Crippen LogP contribution in [0, 0.1) is 6.92 Å². The average molecular weight is 247 g/mol. The summed E-state index contributed by atoms with van der Waals surface area (Å²) in [5, 5.41) is 0. The first-order valence-corrected chi connectivity index (χ1v) is 6.96. The number of methoxy groups -OCH3 is 1. The highest BCUT2D eigenvalue weighted by Gasteiger charge is 2.34. The first-order valence-electron chi connectivity index (χ1n) is 6.96. The standard InChI is InChI=1S/C16H25NO/c1-11(2)14-13(16(17)9-5-6-10-16)8-7-12(3)15(14)18-4/h7-8,11H,5-6,9-10,17H2,1-4H3. The van der Waals surface area contributed by atoms with Gasteiger partial charge in [-0.2, -0.15) is 0 Å². The Bertz CT molecular complexity index is 431. The highest BCUT2D eigenvalue weighted by atomic mass is 16.5. The fraction of sp³-hybridized carbons (Fsp3) is 0.625. The minimum absolute atomic E-state index is 0.138. The Labute approximate surface area is 111 Å². The van der Waals surface area contributed by atoms with Gasteiger partial charge in [-0.05, 0) is 36.8 Å². The summed E-state index contributed by atoms with van der Waals surface area (Å²) in [7, 11) is 1.76. The summed E-state index contributed by atoms with van der Waals surface area (Å²) in [4.78, 5) is 0. The van der Waals surface area contributed by atoms with Gasteiger partial charge in [-0.3, -0.25) is 0 Å². The predicted octanol–water partition coefficient (Wildman–Crippen LogP) is 3.86. The Morgan fingerprint density at radius 3 is 2.33 bits per heavy atom. The minimum Gasteiger partial charge on any atom is -0.496 e. The summed E-state index contributed by atoms with van der Waals surface area (Å²) in [6, 6.07) is 4.37. The number of hydrogen-bond donors (Lipinski definition) is 1. The molecular formula is C16H25NO. The van der Waals surface area contributed by atoms with Crippen molar-refractivity contribution >= 4 is 0 Å².